The van der Waals surface area contributed by atoms with Crippen LogP contribution in [-0.4, -0.2) is 40.5 Å². The molecule has 0 saturated heterocycles. The Labute approximate surface area is 94.1 Å². The Balaban J connectivity index is 4.10. The summed E-state index contributed by atoms with van der Waals surface area (Å²) in [5.41, 5.74) is 0. The fraction of sp³-hybridized carbons (Fsp3) is 0.875. The minimum absolute atomic E-state index is 0.0206. The van der Waals surface area contributed by atoms with Crippen LogP contribution < -0.4 is 0 Å². The molecule has 0 aromatic rings. The van der Waals surface area contributed by atoms with E-state index in [2.05, 4.69) is 0 Å². The summed E-state index contributed by atoms with van der Waals surface area (Å²) in [6.07, 6.45) is 0. The minimum atomic E-state index is -0.123. The molecule has 0 aromatic carbocycles. The number of carbonyl (C=O) groups is 1. The van der Waals surface area contributed by atoms with Crippen LogP contribution in [0.3, 0.4) is 0 Å². The monoisotopic (exact) mass is 245 g/mol. The first-order chi connectivity index (χ1) is 5.97. The highest BCUT2D eigenvalue weighted by Crippen LogP contribution is 2.05. The molecule has 78 valence electrons. The van der Waals surface area contributed by atoms with Crippen molar-refractivity contribution < 1.29 is 4.79 Å². The number of amides is 1. The fourth-order valence-corrected chi connectivity index (χ4v) is 1.47. The average molecular weight is 247 g/mol. The number of hydrogen-bond donors (Lipinski definition) is 0. The molecule has 0 spiro atoms. The number of rotatable bonds is 5. The molecule has 13 heavy (non-hydrogen) atoms. The molecule has 0 aliphatic heterocycles. The standard InChI is InChI=1S/C8H14Cl3NO/c1-6(10)4-12(5-7(2)11)8(13)3-9/h6-7H,3-5H2,1-2H3/t6-,7-/m0/s1. The molecule has 0 N–H and O–H groups in total. The maximum absolute atomic E-state index is 11.3. The quantitative estimate of drug-likeness (QED) is 0.682. The zero-order valence-corrected chi connectivity index (χ0v) is 10.0. The maximum atomic E-state index is 11.3. The van der Waals surface area contributed by atoms with Gasteiger partial charge in [-0.15, -0.1) is 34.8 Å². The third-order valence-electron chi connectivity index (χ3n) is 1.41. The van der Waals surface area contributed by atoms with Crippen LogP contribution in [0.1, 0.15) is 13.8 Å². The van der Waals surface area contributed by atoms with Gasteiger partial charge in [-0.2, -0.15) is 0 Å². The number of nitrogens with zero attached hydrogens (tertiary/aromatic N) is 1. The maximum Gasteiger partial charge on any atom is 0.237 e. The summed E-state index contributed by atoms with van der Waals surface area (Å²) in [6.45, 7) is 4.64. The van der Waals surface area contributed by atoms with Crippen molar-refractivity contribution in [2.75, 3.05) is 19.0 Å². The van der Waals surface area contributed by atoms with Crippen LogP contribution in [0.5, 0.6) is 0 Å². The van der Waals surface area contributed by atoms with Crippen LogP contribution in [0.25, 0.3) is 0 Å². The number of carbonyl (C=O) groups excluding carboxylic acids is 1. The molecule has 0 aromatic heterocycles. The summed E-state index contributed by atoms with van der Waals surface area (Å²) in [5.74, 6) is -0.144. The molecule has 0 rings (SSSR count). The van der Waals surface area contributed by atoms with E-state index in [1.54, 1.807) is 4.90 Å². The predicted molar refractivity (Wildman–Crippen MR) is 57.9 cm³/mol. The molecular formula is C8H14Cl3NO. The van der Waals surface area contributed by atoms with Crippen molar-refractivity contribution in [1.29, 1.82) is 0 Å². The van der Waals surface area contributed by atoms with Crippen LogP contribution in [0.2, 0.25) is 0 Å². The van der Waals surface area contributed by atoms with Gasteiger partial charge in [-0.05, 0) is 13.8 Å². The lowest BCUT2D eigenvalue weighted by Gasteiger charge is -2.23. The van der Waals surface area contributed by atoms with Crippen molar-refractivity contribution in [3.05, 3.63) is 0 Å². The van der Waals surface area contributed by atoms with E-state index in [9.17, 15) is 4.79 Å². The van der Waals surface area contributed by atoms with E-state index < -0.39 is 0 Å². The van der Waals surface area contributed by atoms with E-state index in [4.69, 9.17) is 34.8 Å². The van der Waals surface area contributed by atoms with Crippen LogP contribution in [0.4, 0.5) is 0 Å². The molecule has 0 heterocycles. The van der Waals surface area contributed by atoms with E-state index in [-0.39, 0.29) is 22.5 Å². The van der Waals surface area contributed by atoms with Crippen LogP contribution in [0, 0.1) is 0 Å². The topological polar surface area (TPSA) is 20.3 Å². The van der Waals surface area contributed by atoms with Gasteiger partial charge in [0.2, 0.25) is 5.91 Å². The van der Waals surface area contributed by atoms with Gasteiger partial charge in [0.25, 0.3) is 0 Å². The van der Waals surface area contributed by atoms with Crippen molar-refractivity contribution in [2.24, 2.45) is 0 Å². The Kier molecular flexibility index (Phi) is 6.92. The number of halogens is 3. The SMILES string of the molecule is C[C@H](Cl)CN(C[C@H](C)Cl)C(=O)CCl. The van der Waals surface area contributed by atoms with E-state index in [0.717, 1.165) is 0 Å². The summed E-state index contributed by atoms with van der Waals surface area (Å²) in [7, 11) is 0. The number of hydrogen-bond acceptors (Lipinski definition) is 1. The van der Waals surface area contributed by atoms with E-state index in [1.807, 2.05) is 13.8 Å². The molecular weight excluding hydrogens is 232 g/mol. The Hall–Kier alpha value is 0.340. The number of alkyl halides is 3. The summed E-state index contributed by atoms with van der Waals surface area (Å²) < 4.78 is 0. The van der Waals surface area contributed by atoms with Gasteiger partial charge >= 0.3 is 0 Å². The van der Waals surface area contributed by atoms with Gasteiger partial charge in [-0.3, -0.25) is 4.79 Å². The van der Waals surface area contributed by atoms with Crippen LogP contribution in [0.15, 0.2) is 0 Å². The molecule has 0 saturated carbocycles. The Morgan fingerprint density at radius 2 is 1.62 bits per heavy atom. The molecule has 1 amide bonds. The van der Waals surface area contributed by atoms with Gasteiger partial charge < -0.3 is 4.90 Å². The molecule has 5 heteroatoms. The van der Waals surface area contributed by atoms with Gasteiger partial charge in [0.1, 0.15) is 5.88 Å². The first-order valence-electron chi connectivity index (χ1n) is 4.09. The van der Waals surface area contributed by atoms with E-state index in [0.29, 0.717) is 13.1 Å². The lowest BCUT2D eigenvalue weighted by molar-refractivity contribution is -0.128. The van der Waals surface area contributed by atoms with Gasteiger partial charge in [-0.25, -0.2) is 0 Å². The second-order valence-corrected chi connectivity index (χ2v) is 4.75. The van der Waals surface area contributed by atoms with Crippen molar-refractivity contribution in [2.45, 2.75) is 24.6 Å². The van der Waals surface area contributed by atoms with Gasteiger partial charge in [0, 0.05) is 23.8 Å². The van der Waals surface area contributed by atoms with Crippen LogP contribution in [-0.2, 0) is 4.79 Å². The second-order valence-electron chi connectivity index (χ2n) is 2.99. The van der Waals surface area contributed by atoms with Crippen LogP contribution >= 0.6 is 34.8 Å². The predicted octanol–water partition coefficient (Wildman–Crippen LogP) is 2.31. The molecule has 2 nitrogen and oxygen atoms in total. The van der Waals surface area contributed by atoms with Crippen molar-refractivity contribution in [3.63, 3.8) is 0 Å². The molecule has 2 atom stereocenters. The first-order valence-corrected chi connectivity index (χ1v) is 5.50. The lowest BCUT2D eigenvalue weighted by atomic mass is 10.3. The van der Waals surface area contributed by atoms with Crippen molar-refractivity contribution >= 4 is 40.7 Å². The third-order valence-corrected chi connectivity index (χ3v) is 1.92. The first kappa shape index (κ1) is 13.3. The lowest BCUT2D eigenvalue weighted by Crippen LogP contribution is -2.39. The van der Waals surface area contributed by atoms with Gasteiger partial charge in [0.15, 0.2) is 0 Å². The highest BCUT2D eigenvalue weighted by molar-refractivity contribution is 6.27. The van der Waals surface area contributed by atoms with Gasteiger partial charge in [0.05, 0.1) is 0 Å². The fourth-order valence-electron chi connectivity index (χ4n) is 0.970. The summed E-state index contributed by atoms with van der Waals surface area (Å²) in [4.78, 5) is 12.8. The largest absolute Gasteiger partial charge is 0.339 e. The Bertz CT molecular complexity index is 151. The van der Waals surface area contributed by atoms with Crippen molar-refractivity contribution in [1.82, 2.24) is 4.90 Å². The second kappa shape index (κ2) is 6.74. The Morgan fingerprint density at radius 1 is 1.23 bits per heavy atom. The zero-order valence-electron chi connectivity index (χ0n) is 7.77. The summed E-state index contributed by atoms with van der Waals surface area (Å²) in [5, 5.41) is -0.162. The summed E-state index contributed by atoms with van der Waals surface area (Å²) >= 11 is 17.0. The molecule has 0 aliphatic carbocycles. The highest BCUT2D eigenvalue weighted by atomic mass is 35.5. The molecule has 0 bridgehead atoms. The minimum Gasteiger partial charge on any atom is -0.339 e. The van der Waals surface area contributed by atoms with Gasteiger partial charge in [-0.1, -0.05) is 0 Å². The van der Waals surface area contributed by atoms with Crippen molar-refractivity contribution in [3.8, 4) is 0 Å². The molecule has 0 unspecified atom stereocenters. The molecule has 0 aliphatic rings. The van der Waals surface area contributed by atoms with E-state index in [1.165, 1.54) is 0 Å². The highest BCUT2D eigenvalue weighted by Gasteiger charge is 2.16. The Morgan fingerprint density at radius 3 is 1.85 bits per heavy atom. The zero-order chi connectivity index (χ0) is 10.4. The summed E-state index contributed by atoms with van der Waals surface area (Å²) in [6, 6.07) is 0. The average Bonchev–Trinajstić information content (AvgIpc) is 2.00. The smallest absolute Gasteiger partial charge is 0.237 e. The normalized spacial score (nSPS) is 15.2. The third kappa shape index (κ3) is 6.42. The molecule has 0 radical (unpaired) electrons. The molecule has 0 fully saturated rings. The van der Waals surface area contributed by atoms with E-state index >= 15 is 0 Å².